The van der Waals surface area contributed by atoms with Crippen molar-refractivity contribution in [1.29, 1.82) is 0 Å². The molecule has 0 aromatic rings. The molecular formula is C11H18O4. The zero-order chi connectivity index (χ0) is 11.8. The lowest BCUT2D eigenvalue weighted by atomic mass is 10.4. The Hall–Kier alpha value is -1.29. The molecule has 0 saturated carbocycles. The molecule has 0 aliphatic rings. The summed E-state index contributed by atoms with van der Waals surface area (Å²) in [6.07, 6.45) is -0.196. The van der Waals surface area contributed by atoms with Gasteiger partial charge in [-0.25, -0.2) is 4.79 Å². The van der Waals surface area contributed by atoms with Crippen LogP contribution in [0.25, 0.3) is 0 Å². The molecule has 4 nitrogen and oxygen atoms in total. The van der Waals surface area contributed by atoms with Gasteiger partial charge in [-0.05, 0) is 27.4 Å². The van der Waals surface area contributed by atoms with Crippen molar-refractivity contribution in [2.45, 2.75) is 26.9 Å². The lowest BCUT2D eigenvalue weighted by Crippen LogP contribution is -2.15. The van der Waals surface area contributed by atoms with Crippen molar-refractivity contribution in [3.05, 3.63) is 24.7 Å². The van der Waals surface area contributed by atoms with Crippen LogP contribution in [0.2, 0.25) is 0 Å². The molecule has 0 heterocycles. The Labute approximate surface area is 90.5 Å². The summed E-state index contributed by atoms with van der Waals surface area (Å²) in [4.78, 5) is 11.2. The molecule has 0 aromatic carbocycles. The van der Waals surface area contributed by atoms with Crippen LogP contribution >= 0.6 is 0 Å². The van der Waals surface area contributed by atoms with E-state index in [9.17, 15) is 4.79 Å². The Morgan fingerprint density at radius 1 is 1.33 bits per heavy atom. The second kappa shape index (κ2) is 7.06. The van der Waals surface area contributed by atoms with E-state index < -0.39 is 5.97 Å². The maximum absolute atomic E-state index is 11.2. The molecule has 0 aliphatic heterocycles. The fourth-order valence-corrected chi connectivity index (χ4v) is 0.741. The third-order valence-corrected chi connectivity index (χ3v) is 1.31. The summed E-state index contributed by atoms with van der Waals surface area (Å²) < 4.78 is 14.9. The summed E-state index contributed by atoms with van der Waals surface area (Å²) in [5, 5.41) is 0. The molecule has 86 valence electrons. The van der Waals surface area contributed by atoms with Crippen molar-refractivity contribution in [2.24, 2.45) is 0 Å². The van der Waals surface area contributed by atoms with Gasteiger partial charge < -0.3 is 14.2 Å². The third-order valence-electron chi connectivity index (χ3n) is 1.31. The van der Waals surface area contributed by atoms with Crippen molar-refractivity contribution < 1.29 is 19.0 Å². The van der Waals surface area contributed by atoms with Crippen molar-refractivity contribution in [3.8, 4) is 0 Å². The molecule has 0 spiro atoms. The monoisotopic (exact) mass is 214 g/mol. The minimum Gasteiger partial charge on any atom is -0.457 e. The number of hydrogen-bond acceptors (Lipinski definition) is 4. The van der Waals surface area contributed by atoms with Gasteiger partial charge >= 0.3 is 5.97 Å². The van der Waals surface area contributed by atoms with Crippen LogP contribution in [-0.4, -0.2) is 25.3 Å². The summed E-state index contributed by atoms with van der Waals surface area (Å²) in [7, 11) is 0. The highest BCUT2D eigenvalue weighted by atomic mass is 16.6. The highest BCUT2D eigenvalue weighted by Gasteiger charge is 2.12. The molecule has 0 bridgehead atoms. The average molecular weight is 214 g/mol. The number of rotatable bonds is 7. The Balaban J connectivity index is 3.91. The number of carbonyl (C=O) groups is 1. The minimum atomic E-state index is -0.581. The van der Waals surface area contributed by atoms with Crippen LogP contribution in [0.4, 0.5) is 0 Å². The number of esters is 1. The van der Waals surface area contributed by atoms with Crippen LogP contribution in [0.5, 0.6) is 0 Å². The minimum absolute atomic E-state index is 0.0756. The van der Waals surface area contributed by atoms with Crippen LogP contribution in [0.3, 0.4) is 0 Å². The first kappa shape index (κ1) is 13.7. The molecule has 0 amide bonds. The summed E-state index contributed by atoms with van der Waals surface area (Å²) >= 11 is 0. The standard InChI is InChI=1S/C11H18O4/c1-6-13-7-9(4)15-10(5)11(12)14-8(2)3/h8H,4-7H2,1-3H3. The molecular weight excluding hydrogens is 196 g/mol. The zero-order valence-electron chi connectivity index (χ0n) is 9.54. The smallest absolute Gasteiger partial charge is 0.373 e. The molecule has 0 aromatic heterocycles. The summed E-state index contributed by atoms with van der Waals surface area (Å²) in [6, 6.07) is 0. The Morgan fingerprint density at radius 2 is 1.93 bits per heavy atom. The van der Waals surface area contributed by atoms with Gasteiger partial charge in [0.15, 0.2) is 0 Å². The van der Waals surface area contributed by atoms with Crippen molar-refractivity contribution in [1.82, 2.24) is 0 Å². The van der Waals surface area contributed by atoms with Gasteiger partial charge in [-0.3, -0.25) is 0 Å². The van der Waals surface area contributed by atoms with Crippen LogP contribution < -0.4 is 0 Å². The van der Waals surface area contributed by atoms with E-state index in [0.717, 1.165) is 0 Å². The Morgan fingerprint density at radius 3 is 2.40 bits per heavy atom. The van der Waals surface area contributed by atoms with E-state index in [1.807, 2.05) is 6.92 Å². The van der Waals surface area contributed by atoms with Crippen molar-refractivity contribution >= 4 is 5.97 Å². The van der Waals surface area contributed by atoms with E-state index in [2.05, 4.69) is 13.2 Å². The summed E-state index contributed by atoms with van der Waals surface area (Å²) in [5.74, 6) is -0.321. The van der Waals surface area contributed by atoms with Crippen molar-refractivity contribution in [2.75, 3.05) is 13.2 Å². The van der Waals surface area contributed by atoms with Gasteiger partial charge in [0.2, 0.25) is 5.76 Å². The lowest BCUT2D eigenvalue weighted by Gasteiger charge is -2.12. The number of hydrogen-bond donors (Lipinski definition) is 0. The first-order valence-corrected chi connectivity index (χ1v) is 4.80. The molecule has 0 N–H and O–H groups in total. The molecule has 0 rings (SSSR count). The van der Waals surface area contributed by atoms with Gasteiger partial charge in [-0.2, -0.15) is 0 Å². The molecule has 0 aliphatic carbocycles. The van der Waals surface area contributed by atoms with Gasteiger partial charge in [0.25, 0.3) is 0 Å². The molecule has 0 radical (unpaired) electrons. The van der Waals surface area contributed by atoms with Gasteiger partial charge in [0.05, 0.1) is 6.10 Å². The number of ether oxygens (including phenoxy) is 3. The van der Waals surface area contributed by atoms with Crippen LogP contribution in [0.15, 0.2) is 24.7 Å². The van der Waals surface area contributed by atoms with Crippen molar-refractivity contribution in [3.63, 3.8) is 0 Å². The lowest BCUT2D eigenvalue weighted by molar-refractivity contribution is -0.146. The average Bonchev–Trinajstić information content (AvgIpc) is 2.13. The first-order valence-electron chi connectivity index (χ1n) is 4.80. The normalized spacial score (nSPS) is 9.87. The maximum atomic E-state index is 11.2. The predicted octanol–water partition coefficient (Wildman–Crippen LogP) is 2.02. The molecule has 0 atom stereocenters. The van der Waals surface area contributed by atoms with E-state index in [1.54, 1.807) is 13.8 Å². The second-order valence-corrected chi connectivity index (χ2v) is 3.16. The summed E-state index contributed by atoms with van der Waals surface area (Å²) in [5.41, 5.74) is 0. The highest BCUT2D eigenvalue weighted by Crippen LogP contribution is 2.06. The van der Waals surface area contributed by atoms with Crippen LogP contribution in [0.1, 0.15) is 20.8 Å². The van der Waals surface area contributed by atoms with Gasteiger partial charge in [0, 0.05) is 6.61 Å². The molecule has 0 unspecified atom stereocenters. The van der Waals surface area contributed by atoms with E-state index in [1.165, 1.54) is 0 Å². The maximum Gasteiger partial charge on any atom is 0.373 e. The van der Waals surface area contributed by atoms with E-state index >= 15 is 0 Å². The predicted molar refractivity (Wildman–Crippen MR) is 57.1 cm³/mol. The molecule has 0 saturated heterocycles. The number of carbonyl (C=O) groups excluding carboxylic acids is 1. The third kappa shape index (κ3) is 6.74. The van der Waals surface area contributed by atoms with Gasteiger partial charge in [-0.15, -0.1) is 0 Å². The van der Waals surface area contributed by atoms with E-state index in [4.69, 9.17) is 14.2 Å². The Kier molecular flexibility index (Phi) is 6.45. The molecule has 4 heteroatoms. The van der Waals surface area contributed by atoms with Crippen LogP contribution in [-0.2, 0) is 19.0 Å². The van der Waals surface area contributed by atoms with Crippen LogP contribution in [0, 0.1) is 0 Å². The fraction of sp³-hybridized carbons (Fsp3) is 0.545. The Bertz CT molecular complexity index is 243. The van der Waals surface area contributed by atoms with E-state index in [0.29, 0.717) is 12.4 Å². The second-order valence-electron chi connectivity index (χ2n) is 3.16. The van der Waals surface area contributed by atoms with Gasteiger partial charge in [0.1, 0.15) is 12.4 Å². The van der Waals surface area contributed by atoms with Gasteiger partial charge in [-0.1, -0.05) is 6.58 Å². The topological polar surface area (TPSA) is 44.8 Å². The largest absolute Gasteiger partial charge is 0.457 e. The quantitative estimate of drug-likeness (QED) is 0.369. The highest BCUT2D eigenvalue weighted by molar-refractivity contribution is 5.85. The van der Waals surface area contributed by atoms with E-state index in [-0.39, 0.29) is 18.5 Å². The molecule has 0 fully saturated rings. The SMILES string of the molecule is C=C(COCC)OC(=C)C(=O)OC(C)C. The zero-order valence-corrected chi connectivity index (χ0v) is 9.54. The first-order chi connectivity index (χ1) is 6.97. The summed E-state index contributed by atoms with van der Waals surface area (Å²) in [6.45, 7) is 13.2. The fourth-order valence-electron chi connectivity index (χ4n) is 0.741. The molecule has 15 heavy (non-hydrogen) atoms.